The van der Waals surface area contributed by atoms with Crippen LogP contribution in [0.25, 0.3) is 16.9 Å². The highest BCUT2D eigenvalue weighted by atomic mass is 35.5. The first-order valence-corrected chi connectivity index (χ1v) is 7.87. The van der Waals surface area contributed by atoms with Gasteiger partial charge in [0.2, 0.25) is 0 Å². The summed E-state index contributed by atoms with van der Waals surface area (Å²) in [6.07, 6.45) is 0.444. The topological polar surface area (TPSA) is 42.2 Å². The normalized spacial score (nSPS) is 10.8. The predicted octanol–water partition coefficient (Wildman–Crippen LogP) is 4.95. The Bertz CT molecular complexity index is 854. The summed E-state index contributed by atoms with van der Waals surface area (Å²) < 4.78 is 15.2. The first-order valence-electron chi connectivity index (χ1n) is 7.49. The van der Waals surface area contributed by atoms with Crippen molar-refractivity contribution in [3.05, 3.63) is 77.2 Å². The molecule has 3 nitrogen and oxygen atoms in total. The molecule has 5 heteroatoms. The molecule has 24 heavy (non-hydrogen) atoms. The van der Waals surface area contributed by atoms with Gasteiger partial charge in [-0.25, -0.2) is 4.39 Å². The zero-order chi connectivity index (χ0) is 17.1. The molecule has 1 heterocycles. The Hall–Kier alpha value is -2.59. The van der Waals surface area contributed by atoms with Gasteiger partial charge in [-0.15, -0.1) is 0 Å². The van der Waals surface area contributed by atoms with Crippen LogP contribution in [0.1, 0.15) is 12.1 Å². The Labute approximate surface area is 143 Å². The van der Waals surface area contributed by atoms with E-state index in [0.29, 0.717) is 11.4 Å². The summed E-state index contributed by atoms with van der Waals surface area (Å²) in [5.41, 5.74) is 3.48. The van der Waals surface area contributed by atoms with Crippen LogP contribution >= 0.6 is 11.6 Å². The molecule has 0 atom stereocenters. The number of carboxylic acids is 1. The van der Waals surface area contributed by atoms with Crippen molar-refractivity contribution in [2.75, 3.05) is 0 Å². The van der Waals surface area contributed by atoms with E-state index in [9.17, 15) is 9.18 Å². The molecule has 1 aromatic heterocycles. The monoisotopic (exact) mass is 343 g/mol. The smallest absolute Gasteiger partial charge is 0.303 e. The van der Waals surface area contributed by atoms with E-state index in [1.54, 1.807) is 24.3 Å². The molecule has 0 fully saturated rings. The Morgan fingerprint density at radius 1 is 1.00 bits per heavy atom. The number of hydrogen-bond acceptors (Lipinski definition) is 1. The van der Waals surface area contributed by atoms with Gasteiger partial charge in [-0.1, -0.05) is 11.6 Å². The van der Waals surface area contributed by atoms with Crippen LogP contribution < -0.4 is 0 Å². The third-order valence-corrected chi connectivity index (χ3v) is 4.03. The highest BCUT2D eigenvalue weighted by Crippen LogP contribution is 2.28. The molecule has 0 amide bonds. The second-order valence-corrected chi connectivity index (χ2v) is 5.86. The number of nitrogens with zero attached hydrogens (tertiary/aromatic N) is 1. The molecule has 1 N–H and O–H groups in total. The summed E-state index contributed by atoms with van der Waals surface area (Å²) in [6.45, 7) is 0. The van der Waals surface area contributed by atoms with Crippen molar-refractivity contribution >= 4 is 17.6 Å². The second-order valence-electron chi connectivity index (χ2n) is 5.42. The van der Waals surface area contributed by atoms with Gasteiger partial charge in [-0.05, 0) is 72.6 Å². The number of halogens is 2. The lowest BCUT2D eigenvalue weighted by Gasteiger charge is -2.14. The fourth-order valence-electron chi connectivity index (χ4n) is 2.65. The zero-order valence-corrected chi connectivity index (χ0v) is 13.5. The maximum Gasteiger partial charge on any atom is 0.303 e. The van der Waals surface area contributed by atoms with E-state index in [2.05, 4.69) is 0 Å². The maximum atomic E-state index is 13.2. The molecule has 0 bridgehead atoms. The van der Waals surface area contributed by atoms with E-state index in [1.807, 2.05) is 28.8 Å². The van der Waals surface area contributed by atoms with Crippen LogP contribution in [-0.4, -0.2) is 15.6 Å². The molecule has 0 unspecified atom stereocenters. The molecular formula is C19H15ClFNO2. The van der Waals surface area contributed by atoms with Crippen LogP contribution in [0.5, 0.6) is 0 Å². The van der Waals surface area contributed by atoms with Crippen LogP contribution in [0.4, 0.5) is 4.39 Å². The van der Waals surface area contributed by atoms with Gasteiger partial charge >= 0.3 is 5.97 Å². The van der Waals surface area contributed by atoms with Crippen LogP contribution in [-0.2, 0) is 11.2 Å². The highest BCUT2D eigenvalue weighted by molar-refractivity contribution is 6.30. The van der Waals surface area contributed by atoms with E-state index >= 15 is 0 Å². The Balaban J connectivity index is 2.09. The molecule has 3 aromatic rings. The molecule has 0 aliphatic carbocycles. The van der Waals surface area contributed by atoms with Crippen molar-refractivity contribution in [3.63, 3.8) is 0 Å². The van der Waals surface area contributed by atoms with Crippen LogP contribution in [0.15, 0.2) is 60.7 Å². The van der Waals surface area contributed by atoms with Crippen LogP contribution in [0, 0.1) is 5.82 Å². The average molecular weight is 344 g/mol. The molecule has 0 aliphatic heterocycles. The molecule has 0 spiro atoms. The number of carbonyl (C=O) groups is 1. The van der Waals surface area contributed by atoms with Gasteiger partial charge in [0.25, 0.3) is 0 Å². The summed E-state index contributed by atoms with van der Waals surface area (Å²) in [6, 6.07) is 17.4. The lowest BCUT2D eigenvalue weighted by Crippen LogP contribution is -2.05. The standard InChI is InChI=1S/C19H15ClFNO2/c20-14-3-7-16(8-4-14)22-17(10-12-19(23)24)9-11-18(22)13-1-5-15(21)6-2-13/h1-9,11H,10,12H2,(H,23,24). The van der Waals surface area contributed by atoms with Crippen molar-refractivity contribution in [2.24, 2.45) is 0 Å². The van der Waals surface area contributed by atoms with E-state index in [0.717, 1.165) is 22.6 Å². The summed E-state index contributed by atoms with van der Waals surface area (Å²) in [5, 5.41) is 9.58. The summed E-state index contributed by atoms with van der Waals surface area (Å²) in [4.78, 5) is 10.9. The quantitative estimate of drug-likeness (QED) is 0.712. The van der Waals surface area contributed by atoms with Gasteiger partial charge in [0, 0.05) is 16.4 Å². The first-order chi connectivity index (χ1) is 11.5. The highest BCUT2D eigenvalue weighted by Gasteiger charge is 2.13. The van der Waals surface area contributed by atoms with Crippen molar-refractivity contribution in [1.82, 2.24) is 4.57 Å². The predicted molar refractivity (Wildman–Crippen MR) is 92.1 cm³/mol. The lowest BCUT2D eigenvalue weighted by atomic mass is 10.1. The lowest BCUT2D eigenvalue weighted by molar-refractivity contribution is -0.136. The molecule has 0 saturated carbocycles. The number of aliphatic carboxylic acids is 1. The van der Waals surface area contributed by atoms with Gasteiger partial charge in [0.15, 0.2) is 0 Å². The maximum absolute atomic E-state index is 13.2. The van der Waals surface area contributed by atoms with E-state index < -0.39 is 5.97 Å². The van der Waals surface area contributed by atoms with Gasteiger partial charge in [0.05, 0.1) is 12.1 Å². The van der Waals surface area contributed by atoms with Crippen molar-refractivity contribution in [3.8, 4) is 16.9 Å². The van der Waals surface area contributed by atoms with Crippen molar-refractivity contribution in [1.29, 1.82) is 0 Å². The van der Waals surface area contributed by atoms with Gasteiger partial charge in [-0.2, -0.15) is 0 Å². The summed E-state index contributed by atoms with van der Waals surface area (Å²) in [5.74, 6) is -1.14. The molecule has 3 rings (SSSR count). The third-order valence-electron chi connectivity index (χ3n) is 3.78. The number of aryl methyl sites for hydroxylation is 1. The molecule has 0 aliphatic rings. The number of benzene rings is 2. The molecular weight excluding hydrogens is 329 g/mol. The zero-order valence-electron chi connectivity index (χ0n) is 12.7. The second kappa shape index (κ2) is 6.89. The minimum Gasteiger partial charge on any atom is -0.481 e. The molecule has 0 saturated heterocycles. The van der Waals surface area contributed by atoms with Crippen LogP contribution in [0.2, 0.25) is 5.02 Å². The summed E-state index contributed by atoms with van der Waals surface area (Å²) in [7, 11) is 0. The summed E-state index contributed by atoms with van der Waals surface area (Å²) >= 11 is 5.96. The minimum absolute atomic E-state index is 0.0421. The number of aromatic nitrogens is 1. The number of carboxylic acid groups (broad SMARTS) is 1. The minimum atomic E-state index is -0.845. The Morgan fingerprint density at radius 3 is 2.29 bits per heavy atom. The average Bonchev–Trinajstić information content (AvgIpc) is 2.98. The van der Waals surface area contributed by atoms with Gasteiger partial charge in [0.1, 0.15) is 5.82 Å². The Kier molecular flexibility index (Phi) is 4.67. The van der Waals surface area contributed by atoms with E-state index in [1.165, 1.54) is 12.1 Å². The van der Waals surface area contributed by atoms with Crippen molar-refractivity contribution < 1.29 is 14.3 Å². The van der Waals surface area contributed by atoms with E-state index in [-0.39, 0.29) is 12.2 Å². The molecule has 122 valence electrons. The fourth-order valence-corrected chi connectivity index (χ4v) is 2.78. The Morgan fingerprint density at radius 2 is 1.67 bits per heavy atom. The van der Waals surface area contributed by atoms with Gasteiger partial charge < -0.3 is 9.67 Å². The number of hydrogen-bond donors (Lipinski definition) is 1. The first kappa shape index (κ1) is 16.3. The number of rotatable bonds is 5. The van der Waals surface area contributed by atoms with Gasteiger partial charge in [-0.3, -0.25) is 4.79 Å². The third kappa shape index (κ3) is 3.49. The van der Waals surface area contributed by atoms with Crippen molar-refractivity contribution in [2.45, 2.75) is 12.8 Å². The fraction of sp³-hybridized carbons (Fsp3) is 0.105. The SMILES string of the molecule is O=C(O)CCc1ccc(-c2ccc(F)cc2)n1-c1ccc(Cl)cc1. The van der Waals surface area contributed by atoms with E-state index in [4.69, 9.17) is 16.7 Å². The molecule has 2 aromatic carbocycles. The largest absolute Gasteiger partial charge is 0.481 e. The van der Waals surface area contributed by atoms with Crippen LogP contribution in [0.3, 0.4) is 0 Å². The molecule has 0 radical (unpaired) electrons.